The van der Waals surface area contributed by atoms with Gasteiger partial charge in [0.05, 0.1) is 19.8 Å². The van der Waals surface area contributed by atoms with Gasteiger partial charge in [0.2, 0.25) is 0 Å². The fourth-order valence-electron chi connectivity index (χ4n) is 6.28. The van der Waals surface area contributed by atoms with E-state index in [-0.39, 0.29) is 19.2 Å². The number of carbonyl (C=O) groups excluding carboxylic acids is 1. The molecule has 318 valence electrons. The van der Waals surface area contributed by atoms with Crippen molar-refractivity contribution in [3.05, 3.63) is 60.8 Å². The summed E-state index contributed by atoms with van der Waals surface area (Å²) < 4.78 is 22.7. The number of aliphatic hydroxyl groups excluding tert-OH is 4. The Morgan fingerprint density at radius 2 is 1.11 bits per heavy atom. The highest BCUT2D eigenvalue weighted by atomic mass is 16.7. The van der Waals surface area contributed by atoms with Gasteiger partial charge in [-0.3, -0.25) is 4.79 Å². The molecule has 0 radical (unpaired) electrons. The van der Waals surface area contributed by atoms with Gasteiger partial charge in [-0.15, -0.1) is 0 Å². The summed E-state index contributed by atoms with van der Waals surface area (Å²) in [4.78, 5) is 12.7. The number of rotatable bonds is 36. The van der Waals surface area contributed by atoms with E-state index in [0.717, 1.165) is 77.0 Å². The van der Waals surface area contributed by atoms with Gasteiger partial charge >= 0.3 is 5.97 Å². The number of esters is 1. The molecule has 1 aliphatic rings. The number of unbranched alkanes of at least 4 members (excludes halogenated alkanes) is 15. The number of allylic oxidation sites excluding steroid dienone is 10. The Morgan fingerprint density at radius 1 is 0.600 bits per heavy atom. The molecule has 55 heavy (non-hydrogen) atoms. The predicted molar refractivity (Wildman–Crippen MR) is 224 cm³/mol. The monoisotopic (exact) mass is 777 g/mol. The van der Waals surface area contributed by atoms with Crippen LogP contribution in [0, 0.1) is 0 Å². The second-order valence-electron chi connectivity index (χ2n) is 14.8. The lowest BCUT2D eigenvalue weighted by atomic mass is 9.99. The van der Waals surface area contributed by atoms with E-state index in [1.165, 1.54) is 64.2 Å². The van der Waals surface area contributed by atoms with E-state index in [2.05, 4.69) is 74.6 Å². The minimum atomic E-state index is -1.54. The summed E-state index contributed by atoms with van der Waals surface area (Å²) in [5, 5.41) is 40.0. The minimum absolute atomic E-state index is 0.118. The zero-order valence-corrected chi connectivity index (χ0v) is 34.7. The lowest BCUT2D eigenvalue weighted by Crippen LogP contribution is -2.59. The SMILES string of the molecule is CC/C=C\C/C=C\C/C=C\C/C=C\C/C=C\CCCCCCCCCCOCC(COC1OC(CO)C(O)C(O)C1O)OC(=O)CCCCCCCCCC. The van der Waals surface area contributed by atoms with Gasteiger partial charge in [-0.25, -0.2) is 0 Å². The van der Waals surface area contributed by atoms with Crippen molar-refractivity contribution in [2.24, 2.45) is 0 Å². The van der Waals surface area contributed by atoms with E-state index in [1.807, 2.05) is 0 Å². The molecule has 6 atom stereocenters. The van der Waals surface area contributed by atoms with Crippen LogP contribution in [-0.4, -0.2) is 89.6 Å². The number of carbonyl (C=O) groups is 1. The molecule has 9 nitrogen and oxygen atoms in total. The zero-order valence-electron chi connectivity index (χ0n) is 34.7. The fraction of sp³-hybridized carbons (Fsp3) is 0.761. The van der Waals surface area contributed by atoms with Gasteiger partial charge in [-0.1, -0.05) is 158 Å². The number of hydrogen-bond donors (Lipinski definition) is 4. The van der Waals surface area contributed by atoms with Gasteiger partial charge in [0.1, 0.15) is 30.5 Å². The van der Waals surface area contributed by atoms with Crippen LogP contribution in [0.15, 0.2) is 60.8 Å². The summed E-state index contributed by atoms with van der Waals surface area (Å²) in [6, 6.07) is 0. The normalized spacial score (nSPS) is 21.3. The first kappa shape index (κ1) is 50.9. The average Bonchev–Trinajstić information content (AvgIpc) is 3.18. The van der Waals surface area contributed by atoms with Crippen molar-refractivity contribution in [3.63, 3.8) is 0 Å². The van der Waals surface area contributed by atoms with Crippen LogP contribution in [0.2, 0.25) is 0 Å². The molecule has 0 amide bonds. The summed E-state index contributed by atoms with van der Waals surface area (Å²) in [7, 11) is 0. The lowest BCUT2D eigenvalue weighted by Gasteiger charge is -2.39. The first-order valence-corrected chi connectivity index (χ1v) is 21.9. The Hall–Kier alpha value is -2.11. The third-order valence-corrected chi connectivity index (χ3v) is 9.70. The van der Waals surface area contributed by atoms with Crippen molar-refractivity contribution in [2.75, 3.05) is 26.4 Å². The van der Waals surface area contributed by atoms with Crippen LogP contribution >= 0.6 is 0 Å². The maximum atomic E-state index is 12.7. The van der Waals surface area contributed by atoms with E-state index in [4.69, 9.17) is 18.9 Å². The van der Waals surface area contributed by atoms with Crippen LogP contribution in [0.3, 0.4) is 0 Å². The highest BCUT2D eigenvalue weighted by molar-refractivity contribution is 5.69. The maximum absolute atomic E-state index is 12.7. The predicted octanol–water partition coefficient (Wildman–Crippen LogP) is 9.52. The van der Waals surface area contributed by atoms with Gasteiger partial charge < -0.3 is 39.4 Å². The van der Waals surface area contributed by atoms with Crippen molar-refractivity contribution in [3.8, 4) is 0 Å². The smallest absolute Gasteiger partial charge is 0.306 e. The molecule has 0 bridgehead atoms. The standard InChI is InChI=1S/C46H80O9/c1-3-5-7-9-11-13-14-15-16-17-18-19-20-21-22-23-24-25-26-27-28-30-32-34-36-52-38-40(54-42(48)35-33-31-29-12-10-8-6-4-2)39-53-46-45(51)44(50)43(49)41(37-47)55-46/h5,7,11,13,15-16,18-19,21-22,40-41,43-47,49-51H,3-4,6,8-10,12,14,17,20,23-39H2,1-2H3/b7-5-,13-11-,16-15-,19-18-,22-21-. The molecule has 0 aliphatic carbocycles. The van der Waals surface area contributed by atoms with Crippen molar-refractivity contribution < 1.29 is 44.2 Å². The quantitative estimate of drug-likeness (QED) is 0.0279. The van der Waals surface area contributed by atoms with E-state index in [9.17, 15) is 25.2 Å². The largest absolute Gasteiger partial charge is 0.457 e. The van der Waals surface area contributed by atoms with E-state index in [1.54, 1.807) is 0 Å². The van der Waals surface area contributed by atoms with Crippen molar-refractivity contribution in [2.45, 2.75) is 198 Å². The van der Waals surface area contributed by atoms with Crippen LogP contribution in [0.5, 0.6) is 0 Å². The molecule has 4 N–H and O–H groups in total. The fourth-order valence-corrected chi connectivity index (χ4v) is 6.28. The summed E-state index contributed by atoms with van der Waals surface area (Å²) in [5.41, 5.74) is 0. The molecule has 9 heteroatoms. The first-order valence-electron chi connectivity index (χ1n) is 21.9. The number of hydrogen-bond acceptors (Lipinski definition) is 9. The second kappa shape index (κ2) is 37.5. The molecule has 1 rings (SSSR count). The second-order valence-corrected chi connectivity index (χ2v) is 14.8. The summed E-state index contributed by atoms with van der Waals surface area (Å²) >= 11 is 0. The molecule has 6 unspecified atom stereocenters. The molecule has 1 fully saturated rings. The third kappa shape index (κ3) is 28.9. The minimum Gasteiger partial charge on any atom is -0.457 e. The van der Waals surface area contributed by atoms with Crippen LogP contribution in [0.25, 0.3) is 0 Å². The van der Waals surface area contributed by atoms with Crippen molar-refractivity contribution >= 4 is 5.97 Å². The highest BCUT2D eigenvalue weighted by Gasteiger charge is 2.44. The van der Waals surface area contributed by atoms with Crippen LogP contribution in [0.1, 0.15) is 162 Å². The topological polar surface area (TPSA) is 135 Å². The lowest BCUT2D eigenvalue weighted by molar-refractivity contribution is -0.305. The van der Waals surface area contributed by atoms with Crippen LogP contribution in [-0.2, 0) is 23.7 Å². The molecular weight excluding hydrogens is 696 g/mol. The summed E-state index contributed by atoms with van der Waals surface area (Å²) in [5.74, 6) is -0.324. The Kier molecular flexibility index (Phi) is 34.7. The molecule has 0 saturated carbocycles. The van der Waals surface area contributed by atoms with E-state index in [0.29, 0.717) is 13.0 Å². The molecule has 0 spiro atoms. The van der Waals surface area contributed by atoms with Crippen molar-refractivity contribution in [1.82, 2.24) is 0 Å². The van der Waals surface area contributed by atoms with Gasteiger partial charge in [0, 0.05) is 13.0 Å². The van der Waals surface area contributed by atoms with Crippen molar-refractivity contribution in [1.29, 1.82) is 0 Å². The molecule has 0 aromatic rings. The van der Waals surface area contributed by atoms with Gasteiger partial charge in [-0.05, 0) is 57.8 Å². The molecule has 1 saturated heterocycles. The molecule has 0 aromatic carbocycles. The third-order valence-electron chi connectivity index (χ3n) is 9.70. The molecule has 1 aliphatic heterocycles. The van der Waals surface area contributed by atoms with Gasteiger partial charge in [0.15, 0.2) is 6.29 Å². The summed E-state index contributed by atoms with van der Waals surface area (Å²) in [6.07, 6.45) is 39.8. The Balaban J connectivity index is 2.19. The van der Waals surface area contributed by atoms with E-state index >= 15 is 0 Å². The Bertz CT molecular complexity index is 1020. The van der Waals surface area contributed by atoms with Gasteiger partial charge in [-0.2, -0.15) is 0 Å². The zero-order chi connectivity index (χ0) is 40.0. The summed E-state index contributed by atoms with van der Waals surface area (Å²) in [6.45, 7) is 4.38. The molecule has 0 aromatic heterocycles. The Morgan fingerprint density at radius 3 is 1.67 bits per heavy atom. The van der Waals surface area contributed by atoms with Gasteiger partial charge in [0.25, 0.3) is 0 Å². The average molecular weight is 777 g/mol. The molecule has 1 heterocycles. The van der Waals surface area contributed by atoms with E-state index < -0.39 is 43.4 Å². The van der Waals surface area contributed by atoms with Crippen LogP contribution in [0.4, 0.5) is 0 Å². The molecular formula is C46H80O9. The highest BCUT2D eigenvalue weighted by Crippen LogP contribution is 2.22. The Labute approximate surface area is 335 Å². The first-order chi connectivity index (χ1) is 26.9. The maximum Gasteiger partial charge on any atom is 0.306 e. The number of aliphatic hydroxyl groups is 4. The number of ether oxygens (including phenoxy) is 4. The van der Waals surface area contributed by atoms with Crippen LogP contribution < -0.4 is 0 Å².